The molecule has 1 rings (SSSR count). The lowest BCUT2D eigenvalue weighted by Crippen LogP contribution is -2.35. The monoisotopic (exact) mass is 290 g/mol. The minimum Gasteiger partial charge on any atom is -0.356 e. The van der Waals surface area contributed by atoms with Gasteiger partial charge in [0.1, 0.15) is 0 Å². The zero-order valence-corrected chi connectivity index (χ0v) is 13.5. The molecule has 1 aromatic rings. The molecule has 1 aromatic carbocycles. The first kappa shape index (κ1) is 17.2. The van der Waals surface area contributed by atoms with Crippen molar-refractivity contribution in [2.24, 2.45) is 5.41 Å². The molecule has 0 aliphatic heterocycles. The van der Waals surface area contributed by atoms with Crippen molar-refractivity contribution in [3.63, 3.8) is 0 Å². The third-order valence-electron chi connectivity index (χ3n) is 3.22. The number of anilines is 1. The van der Waals surface area contributed by atoms with Crippen LogP contribution in [0.4, 0.5) is 5.69 Å². The molecule has 0 saturated carbocycles. The van der Waals surface area contributed by atoms with Crippen molar-refractivity contribution in [3.8, 4) is 0 Å². The third kappa shape index (κ3) is 5.98. The first-order chi connectivity index (χ1) is 9.84. The fourth-order valence-electron chi connectivity index (χ4n) is 1.88. The lowest BCUT2D eigenvalue weighted by Gasteiger charge is -2.17. The molecule has 0 aromatic heterocycles. The normalized spacial score (nSPS) is 11.0. The van der Waals surface area contributed by atoms with E-state index in [1.165, 1.54) is 0 Å². The van der Waals surface area contributed by atoms with E-state index in [4.69, 9.17) is 0 Å². The third-order valence-corrected chi connectivity index (χ3v) is 3.22. The van der Waals surface area contributed by atoms with Crippen molar-refractivity contribution in [2.75, 3.05) is 11.9 Å². The average Bonchev–Trinajstić information content (AvgIpc) is 2.43. The van der Waals surface area contributed by atoms with E-state index in [2.05, 4.69) is 17.6 Å². The second-order valence-electron chi connectivity index (χ2n) is 6.17. The van der Waals surface area contributed by atoms with Gasteiger partial charge in [-0.2, -0.15) is 0 Å². The molecule has 0 atom stereocenters. The minimum atomic E-state index is -0.387. The molecule has 0 aliphatic carbocycles. The summed E-state index contributed by atoms with van der Waals surface area (Å²) in [5, 5.41) is 5.77. The summed E-state index contributed by atoms with van der Waals surface area (Å²) < 4.78 is 0. The zero-order chi connectivity index (χ0) is 15.9. The predicted molar refractivity (Wildman–Crippen MR) is 86.1 cm³/mol. The van der Waals surface area contributed by atoms with Gasteiger partial charge in [-0.3, -0.25) is 9.59 Å². The van der Waals surface area contributed by atoms with Gasteiger partial charge in [0.2, 0.25) is 11.8 Å². The molecule has 0 fully saturated rings. The molecule has 0 bridgehead atoms. The van der Waals surface area contributed by atoms with Crippen LogP contribution in [0.3, 0.4) is 0 Å². The molecule has 4 nitrogen and oxygen atoms in total. The second-order valence-corrected chi connectivity index (χ2v) is 6.17. The lowest BCUT2D eigenvalue weighted by molar-refractivity contribution is -0.128. The summed E-state index contributed by atoms with van der Waals surface area (Å²) in [6.45, 7) is 8.20. The molecule has 0 saturated heterocycles. The van der Waals surface area contributed by atoms with Crippen LogP contribution in [0.1, 0.15) is 46.1 Å². The Morgan fingerprint density at radius 1 is 1.14 bits per heavy atom. The first-order valence-corrected chi connectivity index (χ1v) is 7.50. The summed E-state index contributed by atoms with van der Waals surface area (Å²) >= 11 is 0. The standard InChI is InChI=1S/C17H26N2O2/c1-5-13-9-6-7-10-14(13)19-15(20)11-8-12-18-16(21)17(2,3)4/h6-7,9-10H,5,8,11-12H2,1-4H3,(H,18,21)(H,19,20). The van der Waals surface area contributed by atoms with Crippen molar-refractivity contribution in [2.45, 2.75) is 47.0 Å². The van der Waals surface area contributed by atoms with Gasteiger partial charge in [0.05, 0.1) is 0 Å². The molecule has 21 heavy (non-hydrogen) atoms. The fraction of sp³-hybridized carbons (Fsp3) is 0.529. The van der Waals surface area contributed by atoms with Crippen molar-refractivity contribution in [3.05, 3.63) is 29.8 Å². The van der Waals surface area contributed by atoms with E-state index in [0.717, 1.165) is 17.7 Å². The topological polar surface area (TPSA) is 58.2 Å². The Bertz CT molecular complexity index is 490. The van der Waals surface area contributed by atoms with Gasteiger partial charge < -0.3 is 10.6 Å². The number of rotatable bonds is 6. The lowest BCUT2D eigenvalue weighted by atomic mass is 9.96. The van der Waals surface area contributed by atoms with Crippen molar-refractivity contribution in [1.29, 1.82) is 0 Å². The summed E-state index contributed by atoms with van der Waals surface area (Å²) in [5.41, 5.74) is 1.62. The Morgan fingerprint density at radius 3 is 2.43 bits per heavy atom. The highest BCUT2D eigenvalue weighted by Gasteiger charge is 2.20. The van der Waals surface area contributed by atoms with Crippen LogP contribution < -0.4 is 10.6 Å². The van der Waals surface area contributed by atoms with Gasteiger partial charge in [-0.1, -0.05) is 45.9 Å². The van der Waals surface area contributed by atoms with Crippen LogP contribution in [-0.2, 0) is 16.0 Å². The maximum Gasteiger partial charge on any atom is 0.225 e. The number of nitrogens with one attached hydrogen (secondary N) is 2. The van der Waals surface area contributed by atoms with E-state index in [0.29, 0.717) is 19.4 Å². The van der Waals surface area contributed by atoms with Gasteiger partial charge in [-0.15, -0.1) is 0 Å². The summed E-state index contributed by atoms with van der Waals surface area (Å²) in [6.07, 6.45) is 1.93. The highest BCUT2D eigenvalue weighted by atomic mass is 16.2. The van der Waals surface area contributed by atoms with E-state index in [9.17, 15) is 9.59 Å². The molecule has 2 N–H and O–H groups in total. The van der Waals surface area contributed by atoms with Crippen molar-refractivity contribution >= 4 is 17.5 Å². The summed E-state index contributed by atoms with van der Waals surface area (Å²) in [4.78, 5) is 23.6. The minimum absolute atomic E-state index is 0.0130. The highest BCUT2D eigenvalue weighted by Crippen LogP contribution is 2.16. The molecule has 0 heterocycles. The summed E-state index contributed by atoms with van der Waals surface area (Å²) in [7, 11) is 0. The first-order valence-electron chi connectivity index (χ1n) is 7.50. The Morgan fingerprint density at radius 2 is 1.81 bits per heavy atom. The zero-order valence-electron chi connectivity index (χ0n) is 13.5. The van der Waals surface area contributed by atoms with Gasteiger partial charge in [-0.25, -0.2) is 0 Å². The van der Waals surface area contributed by atoms with Gasteiger partial charge >= 0.3 is 0 Å². The molecule has 0 unspecified atom stereocenters. The van der Waals surface area contributed by atoms with Crippen LogP contribution >= 0.6 is 0 Å². The fourth-order valence-corrected chi connectivity index (χ4v) is 1.88. The molecular weight excluding hydrogens is 264 g/mol. The number of amides is 2. The molecule has 2 amide bonds. The number of hydrogen-bond acceptors (Lipinski definition) is 2. The molecule has 0 aliphatic rings. The molecule has 0 radical (unpaired) electrons. The summed E-state index contributed by atoms with van der Waals surface area (Å²) in [6, 6.07) is 7.81. The number of aryl methyl sites for hydroxylation is 1. The average molecular weight is 290 g/mol. The van der Waals surface area contributed by atoms with Crippen LogP contribution in [0.25, 0.3) is 0 Å². The summed E-state index contributed by atoms with van der Waals surface area (Å²) in [5.74, 6) is 0.000134. The number of para-hydroxylation sites is 1. The van der Waals surface area contributed by atoms with Crippen LogP contribution in [-0.4, -0.2) is 18.4 Å². The number of benzene rings is 1. The van der Waals surface area contributed by atoms with E-state index in [1.54, 1.807) is 0 Å². The van der Waals surface area contributed by atoms with E-state index < -0.39 is 0 Å². The Labute approximate surface area is 127 Å². The molecule has 116 valence electrons. The maximum atomic E-state index is 11.9. The second kappa shape index (κ2) is 7.81. The molecule has 4 heteroatoms. The van der Waals surface area contributed by atoms with Crippen LogP contribution in [0.2, 0.25) is 0 Å². The van der Waals surface area contributed by atoms with Gasteiger partial charge in [0, 0.05) is 24.1 Å². The number of carbonyl (C=O) groups is 2. The molecular formula is C17H26N2O2. The Hall–Kier alpha value is -1.84. The van der Waals surface area contributed by atoms with Gasteiger partial charge in [0.25, 0.3) is 0 Å². The predicted octanol–water partition coefficient (Wildman–Crippen LogP) is 3.13. The van der Waals surface area contributed by atoms with E-state index >= 15 is 0 Å². The quantitative estimate of drug-likeness (QED) is 0.791. The maximum absolute atomic E-state index is 11.9. The van der Waals surface area contributed by atoms with E-state index in [1.807, 2.05) is 45.0 Å². The number of carbonyl (C=O) groups excluding carboxylic acids is 2. The van der Waals surface area contributed by atoms with Crippen molar-refractivity contribution in [1.82, 2.24) is 5.32 Å². The smallest absolute Gasteiger partial charge is 0.225 e. The van der Waals surface area contributed by atoms with Crippen LogP contribution in [0.5, 0.6) is 0 Å². The van der Waals surface area contributed by atoms with Crippen molar-refractivity contribution < 1.29 is 9.59 Å². The Kier molecular flexibility index (Phi) is 6.40. The van der Waals surface area contributed by atoms with E-state index in [-0.39, 0.29) is 17.2 Å². The van der Waals surface area contributed by atoms with Crippen LogP contribution in [0, 0.1) is 5.41 Å². The van der Waals surface area contributed by atoms with Gasteiger partial charge in [0.15, 0.2) is 0 Å². The SMILES string of the molecule is CCc1ccccc1NC(=O)CCCNC(=O)C(C)(C)C. The largest absolute Gasteiger partial charge is 0.356 e. The van der Waals surface area contributed by atoms with Gasteiger partial charge in [-0.05, 0) is 24.5 Å². The Balaban J connectivity index is 2.34. The number of hydrogen-bond donors (Lipinski definition) is 2. The van der Waals surface area contributed by atoms with Crippen LogP contribution in [0.15, 0.2) is 24.3 Å². The molecule has 0 spiro atoms. The highest BCUT2D eigenvalue weighted by molar-refractivity contribution is 5.91.